The van der Waals surface area contributed by atoms with Crippen LogP contribution in [-0.2, 0) is 19.6 Å². The first-order valence-corrected chi connectivity index (χ1v) is 8.33. The van der Waals surface area contributed by atoms with Crippen LogP contribution in [0.15, 0.2) is 18.2 Å². The Morgan fingerprint density at radius 1 is 1.45 bits per heavy atom. The van der Waals surface area contributed by atoms with Crippen molar-refractivity contribution in [1.29, 1.82) is 0 Å². The summed E-state index contributed by atoms with van der Waals surface area (Å²) in [6.45, 7) is 3.47. The first kappa shape index (κ1) is 16.7. The number of esters is 1. The molecule has 0 bridgehead atoms. The van der Waals surface area contributed by atoms with Crippen molar-refractivity contribution < 1.29 is 22.3 Å². The van der Waals surface area contributed by atoms with Crippen molar-refractivity contribution in [2.45, 2.75) is 31.7 Å². The molecule has 0 saturated carbocycles. The van der Waals surface area contributed by atoms with Gasteiger partial charge in [-0.2, -0.15) is 0 Å². The lowest BCUT2D eigenvalue weighted by molar-refractivity contribution is -0.145. The van der Waals surface area contributed by atoms with E-state index in [9.17, 15) is 17.6 Å². The number of carbonyl (C=O) groups is 1. The highest BCUT2D eigenvalue weighted by atomic mass is 32.2. The Morgan fingerprint density at radius 3 is 2.82 bits per heavy atom. The molecule has 0 radical (unpaired) electrons. The maximum absolute atomic E-state index is 13.5. The second kappa shape index (κ2) is 6.59. The van der Waals surface area contributed by atoms with E-state index in [0.29, 0.717) is 5.56 Å². The number of hydrogen-bond donors (Lipinski definition) is 3. The number of rotatable bonds is 5. The Balaban J connectivity index is 2.05. The number of sulfonamides is 1. The minimum Gasteiger partial charge on any atom is -0.465 e. The van der Waals surface area contributed by atoms with E-state index in [-0.39, 0.29) is 18.7 Å². The first-order valence-electron chi connectivity index (χ1n) is 6.79. The zero-order valence-corrected chi connectivity index (χ0v) is 13.0. The van der Waals surface area contributed by atoms with Crippen molar-refractivity contribution >= 4 is 21.7 Å². The zero-order valence-electron chi connectivity index (χ0n) is 12.2. The molecule has 7 nitrogen and oxygen atoms in total. The van der Waals surface area contributed by atoms with Crippen LogP contribution < -0.4 is 15.6 Å². The molecule has 1 fully saturated rings. The van der Waals surface area contributed by atoms with Crippen molar-refractivity contribution in [3.63, 3.8) is 0 Å². The summed E-state index contributed by atoms with van der Waals surface area (Å²) in [5, 5.41) is -1.02. The molecule has 1 aromatic rings. The number of nitrogens with one attached hydrogen (secondary N) is 3. The first-order chi connectivity index (χ1) is 10.3. The van der Waals surface area contributed by atoms with Crippen LogP contribution in [0.1, 0.15) is 18.9 Å². The fraction of sp³-hybridized carbons (Fsp3) is 0.462. The van der Waals surface area contributed by atoms with Crippen LogP contribution in [0.2, 0.25) is 0 Å². The lowest BCUT2D eigenvalue weighted by atomic mass is 10.2. The fourth-order valence-electron chi connectivity index (χ4n) is 2.02. The van der Waals surface area contributed by atoms with E-state index in [0.717, 1.165) is 6.07 Å². The Bertz CT molecular complexity index is 665. The summed E-state index contributed by atoms with van der Waals surface area (Å²) in [5.41, 5.74) is 5.67. The van der Waals surface area contributed by atoms with Gasteiger partial charge in [0.15, 0.2) is 0 Å². The molecule has 1 heterocycles. The van der Waals surface area contributed by atoms with Crippen molar-refractivity contribution in [1.82, 2.24) is 10.9 Å². The number of carbonyl (C=O) groups excluding carboxylic acids is 1. The van der Waals surface area contributed by atoms with Crippen molar-refractivity contribution in [2.24, 2.45) is 0 Å². The second-order valence-corrected chi connectivity index (χ2v) is 6.79. The van der Waals surface area contributed by atoms with Gasteiger partial charge in [-0.1, -0.05) is 6.07 Å². The number of benzene rings is 1. The maximum Gasteiger partial charge on any atom is 0.324 e. The van der Waals surface area contributed by atoms with Crippen LogP contribution >= 0.6 is 0 Å². The van der Waals surface area contributed by atoms with Gasteiger partial charge in [-0.05, 0) is 31.5 Å². The molecule has 2 atom stereocenters. The standard InChI is InChI=1S/C13H18FN3O4S/c1-3-21-13(18)11-7-12(16-15-11)22(19,20)17-9-5-4-8(2)10(14)6-9/h4-6,11-12,15-17H,3,7H2,1-2H3. The van der Waals surface area contributed by atoms with Crippen LogP contribution in [0.5, 0.6) is 0 Å². The molecular formula is C13H18FN3O4S. The average molecular weight is 331 g/mol. The van der Waals surface area contributed by atoms with Gasteiger partial charge >= 0.3 is 5.97 Å². The smallest absolute Gasteiger partial charge is 0.324 e. The van der Waals surface area contributed by atoms with Crippen LogP contribution in [-0.4, -0.2) is 32.4 Å². The largest absolute Gasteiger partial charge is 0.465 e. The Kier molecular flexibility index (Phi) is 4.99. The van der Waals surface area contributed by atoms with Crippen LogP contribution in [0.4, 0.5) is 10.1 Å². The lowest BCUT2D eigenvalue weighted by Gasteiger charge is -2.13. The zero-order chi connectivity index (χ0) is 16.3. The number of aryl methyl sites for hydroxylation is 1. The van der Waals surface area contributed by atoms with E-state index in [4.69, 9.17) is 4.74 Å². The van der Waals surface area contributed by atoms with E-state index < -0.39 is 33.2 Å². The normalized spacial score (nSPS) is 21.6. The van der Waals surface area contributed by atoms with Crippen molar-refractivity contribution in [2.75, 3.05) is 11.3 Å². The molecule has 0 spiro atoms. The molecule has 1 aromatic carbocycles. The Hall–Kier alpha value is -1.71. The van der Waals surface area contributed by atoms with Crippen LogP contribution in [0.3, 0.4) is 0 Å². The topological polar surface area (TPSA) is 96.5 Å². The van der Waals surface area contributed by atoms with Gasteiger partial charge < -0.3 is 4.74 Å². The van der Waals surface area contributed by atoms with E-state index in [1.807, 2.05) is 0 Å². The number of hydrazine groups is 1. The maximum atomic E-state index is 13.5. The second-order valence-electron chi connectivity index (χ2n) is 4.93. The molecule has 2 unspecified atom stereocenters. The molecule has 3 N–H and O–H groups in total. The van der Waals surface area contributed by atoms with Gasteiger partial charge in [0.25, 0.3) is 0 Å². The van der Waals surface area contributed by atoms with Crippen LogP contribution in [0, 0.1) is 12.7 Å². The molecule has 2 rings (SSSR count). The third-order valence-electron chi connectivity index (χ3n) is 3.25. The third-order valence-corrected chi connectivity index (χ3v) is 4.83. The minimum atomic E-state index is -3.82. The number of hydrogen-bond acceptors (Lipinski definition) is 6. The Morgan fingerprint density at radius 2 is 2.18 bits per heavy atom. The summed E-state index contributed by atoms with van der Waals surface area (Å²) < 4.78 is 45.1. The van der Waals surface area contributed by atoms with Gasteiger partial charge in [-0.15, -0.1) is 0 Å². The molecule has 122 valence electrons. The minimum absolute atomic E-state index is 0.0164. The predicted molar refractivity (Wildman–Crippen MR) is 78.8 cm³/mol. The van der Waals surface area contributed by atoms with Gasteiger partial charge in [-0.25, -0.2) is 23.7 Å². The molecule has 22 heavy (non-hydrogen) atoms. The molecular weight excluding hydrogens is 313 g/mol. The summed E-state index contributed by atoms with van der Waals surface area (Å²) in [5.74, 6) is -1.02. The van der Waals surface area contributed by atoms with Gasteiger partial charge in [0.2, 0.25) is 10.0 Å². The summed E-state index contributed by atoms with van der Waals surface area (Å²) in [6, 6.07) is 3.32. The number of anilines is 1. The quantitative estimate of drug-likeness (QED) is 0.685. The fourth-order valence-corrected chi connectivity index (χ4v) is 3.29. The highest BCUT2D eigenvalue weighted by Gasteiger charge is 2.37. The van der Waals surface area contributed by atoms with Gasteiger partial charge in [0, 0.05) is 6.42 Å². The Labute approximate surface area is 128 Å². The highest BCUT2D eigenvalue weighted by molar-refractivity contribution is 7.93. The molecule has 0 amide bonds. The molecule has 1 aliphatic rings. The van der Waals surface area contributed by atoms with Gasteiger partial charge in [0.05, 0.1) is 12.3 Å². The monoisotopic (exact) mass is 331 g/mol. The van der Waals surface area contributed by atoms with Crippen LogP contribution in [0.25, 0.3) is 0 Å². The van der Waals surface area contributed by atoms with E-state index >= 15 is 0 Å². The molecule has 9 heteroatoms. The molecule has 0 aromatic heterocycles. The summed E-state index contributed by atoms with van der Waals surface area (Å²) in [4.78, 5) is 11.6. The molecule has 1 aliphatic heterocycles. The average Bonchev–Trinajstić information content (AvgIpc) is 2.93. The highest BCUT2D eigenvalue weighted by Crippen LogP contribution is 2.19. The van der Waals surface area contributed by atoms with E-state index in [1.165, 1.54) is 12.1 Å². The van der Waals surface area contributed by atoms with E-state index in [1.54, 1.807) is 13.8 Å². The predicted octanol–water partition coefficient (Wildman–Crippen LogP) is 0.632. The van der Waals surface area contributed by atoms with E-state index in [2.05, 4.69) is 15.6 Å². The summed E-state index contributed by atoms with van der Waals surface area (Å²) in [6.07, 6.45) is 0.0164. The third kappa shape index (κ3) is 3.73. The molecule has 1 saturated heterocycles. The number of halogens is 1. The SMILES string of the molecule is CCOC(=O)C1CC(S(=O)(=O)Nc2ccc(C)c(F)c2)NN1. The van der Waals surface area contributed by atoms with Crippen molar-refractivity contribution in [3.05, 3.63) is 29.6 Å². The lowest BCUT2D eigenvalue weighted by Crippen LogP contribution is -2.41. The molecule has 0 aliphatic carbocycles. The number of ether oxygens (including phenoxy) is 1. The summed E-state index contributed by atoms with van der Waals surface area (Å²) >= 11 is 0. The summed E-state index contributed by atoms with van der Waals surface area (Å²) in [7, 11) is -3.82. The van der Waals surface area contributed by atoms with Gasteiger partial charge in [-0.3, -0.25) is 9.52 Å². The van der Waals surface area contributed by atoms with Crippen molar-refractivity contribution in [3.8, 4) is 0 Å². The van der Waals surface area contributed by atoms with Gasteiger partial charge in [0.1, 0.15) is 17.2 Å².